The molecule has 0 amide bonds. The van der Waals surface area contributed by atoms with Crippen LogP contribution < -0.4 is 0 Å². The van der Waals surface area contributed by atoms with Crippen LogP contribution in [0.1, 0.15) is 32.6 Å². The van der Waals surface area contributed by atoms with Crippen molar-refractivity contribution in [3.05, 3.63) is 0 Å². The zero-order chi connectivity index (χ0) is 9.90. The second-order valence-corrected chi connectivity index (χ2v) is 5.65. The van der Waals surface area contributed by atoms with E-state index < -0.39 is 10.1 Å². The first kappa shape index (κ1) is 11.0. The maximum absolute atomic E-state index is 10.8. The van der Waals surface area contributed by atoms with Gasteiger partial charge in [-0.05, 0) is 18.3 Å². The van der Waals surface area contributed by atoms with Gasteiger partial charge in [0.2, 0.25) is 0 Å². The van der Waals surface area contributed by atoms with Gasteiger partial charge in [0.25, 0.3) is 10.1 Å². The molecule has 1 rings (SSSR count). The van der Waals surface area contributed by atoms with Crippen molar-refractivity contribution >= 4 is 10.1 Å². The lowest BCUT2D eigenvalue weighted by Gasteiger charge is -2.27. The lowest BCUT2D eigenvalue weighted by molar-refractivity contribution is 0.164. The van der Waals surface area contributed by atoms with Gasteiger partial charge in [0, 0.05) is 0 Å². The molecule has 0 heterocycles. The first-order valence-electron chi connectivity index (χ1n) is 4.83. The molecule has 0 N–H and O–H groups in total. The maximum Gasteiger partial charge on any atom is 0.264 e. The van der Waals surface area contributed by atoms with E-state index in [-0.39, 0.29) is 0 Å². The van der Waals surface area contributed by atoms with Crippen molar-refractivity contribution < 1.29 is 12.6 Å². The first-order valence-corrected chi connectivity index (χ1v) is 6.65. The van der Waals surface area contributed by atoms with E-state index in [0.717, 1.165) is 12.7 Å². The highest BCUT2D eigenvalue weighted by Gasteiger charge is 2.22. The van der Waals surface area contributed by atoms with Gasteiger partial charge in [-0.1, -0.05) is 26.2 Å². The Bertz CT molecular complexity index is 246. The number of hydrogen-bond acceptors (Lipinski definition) is 3. The van der Waals surface area contributed by atoms with E-state index in [1.54, 1.807) is 0 Å². The number of hydrogen-bond donors (Lipinski definition) is 0. The van der Waals surface area contributed by atoms with E-state index in [1.807, 2.05) is 0 Å². The lowest BCUT2D eigenvalue weighted by atomic mass is 9.81. The third kappa shape index (κ3) is 4.09. The Kier molecular flexibility index (Phi) is 3.74. The molecule has 0 spiro atoms. The van der Waals surface area contributed by atoms with E-state index in [4.69, 9.17) is 4.18 Å². The Labute approximate surface area is 80.6 Å². The summed E-state index contributed by atoms with van der Waals surface area (Å²) >= 11 is 0. The molecular weight excluding hydrogens is 188 g/mol. The molecule has 0 radical (unpaired) electrons. The van der Waals surface area contributed by atoms with E-state index in [9.17, 15) is 8.42 Å². The van der Waals surface area contributed by atoms with E-state index in [2.05, 4.69) is 6.92 Å². The third-order valence-electron chi connectivity index (χ3n) is 2.79. The molecule has 1 fully saturated rings. The second kappa shape index (κ2) is 4.42. The smallest absolute Gasteiger partial charge is 0.264 e. The van der Waals surface area contributed by atoms with Gasteiger partial charge in [0.15, 0.2) is 0 Å². The van der Waals surface area contributed by atoms with Crippen molar-refractivity contribution in [2.45, 2.75) is 32.6 Å². The maximum atomic E-state index is 10.8. The predicted molar refractivity (Wildman–Crippen MR) is 51.9 cm³/mol. The highest BCUT2D eigenvalue weighted by molar-refractivity contribution is 7.85. The van der Waals surface area contributed by atoms with Crippen molar-refractivity contribution in [1.82, 2.24) is 0 Å². The zero-order valence-electron chi connectivity index (χ0n) is 8.32. The van der Waals surface area contributed by atoms with Crippen LogP contribution in [0.2, 0.25) is 0 Å². The summed E-state index contributed by atoms with van der Waals surface area (Å²) in [6.07, 6.45) is 5.91. The van der Waals surface area contributed by atoms with Crippen LogP contribution >= 0.6 is 0 Å². The normalized spacial score (nSPS) is 30.3. The van der Waals surface area contributed by atoms with Gasteiger partial charge in [0.05, 0.1) is 12.9 Å². The van der Waals surface area contributed by atoms with Crippen molar-refractivity contribution in [3.63, 3.8) is 0 Å². The first-order chi connectivity index (χ1) is 5.99. The summed E-state index contributed by atoms with van der Waals surface area (Å²) < 4.78 is 26.3. The zero-order valence-corrected chi connectivity index (χ0v) is 9.14. The molecule has 78 valence electrons. The molecule has 13 heavy (non-hydrogen) atoms. The van der Waals surface area contributed by atoms with Gasteiger partial charge >= 0.3 is 0 Å². The van der Waals surface area contributed by atoms with E-state index in [1.165, 1.54) is 19.3 Å². The van der Waals surface area contributed by atoms with Crippen molar-refractivity contribution in [3.8, 4) is 0 Å². The molecule has 1 saturated carbocycles. The Hall–Kier alpha value is -0.0900. The third-order valence-corrected chi connectivity index (χ3v) is 3.35. The van der Waals surface area contributed by atoms with Gasteiger partial charge in [-0.2, -0.15) is 8.42 Å². The molecule has 0 bridgehead atoms. The molecule has 4 heteroatoms. The topological polar surface area (TPSA) is 43.4 Å². The van der Waals surface area contributed by atoms with Crippen LogP contribution in [-0.4, -0.2) is 21.3 Å². The second-order valence-electron chi connectivity index (χ2n) is 4.01. The highest BCUT2D eigenvalue weighted by Crippen LogP contribution is 2.29. The molecule has 0 saturated heterocycles. The van der Waals surface area contributed by atoms with Crippen molar-refractivity contribution in [1.29, 1.82) is 0 Å². The van der Waals surface area contributed by atoms with Crippen LogP contribution in [-0.2, 0) is 14.3 Å². The van der Waals surface area contributed by atoms with Gasteiger partial charge < -0.3 is 0 Å². The summed E-state index contributed by atoms with van der Waals surface area (Å²) in [6, 6.07) is 0. The fourth-order valence-corrected chi connectivity index (χ4v) is 2.27. The minimum absolute atomic E-state index is 0.375. The van der Waals surface area contributed by atoms with Crippen LogP contribution in [0.5, 0.6) is 0 Å². The Balaban J connectivity index is 2.35. The predicted octanol–water partition coefficient (Wildman–Crippen LogP) is 1.79. The molecule has 0 aromatic carbocycles. The van der Waals surface area contributed by atoms with Crippen LogP contribution in [0.3, 0.4) is 0 Å². The standard InChI is InChI=1S/C9H18O3S/c1-8-5-3-4-6-9(8)7-12-13(2,10)11/h8-9H,3-7H2,1-2H3. The van der Waals surface area contributed by atoms with Gasteiger partial charge in [0.1, 0.15) is 0 Å². The minimum Gasteiger partial charge on any atom is -0.270 e. The summed E-state index contributed by atoms with van der Waals surface area (Å²) in [5, 5.41) is 0. The molecule has 1 aliphatic carbocycles. The highest BCUT2D eigenvalue weighted by atomic mass is 32.2. The molecule has 0 aromatic heterocycles. The summed E-state index contributed by atoms with van der Waals surface area (Å²) in [7, 11) is -3.25. The largest absolute Gasteiger partial charge is 0.270 e. The summed E-state index contributed by atoms with van der Waals surface area (Å²) in [5.41, 5.74) is 0. The lowest BCUT2D eigenvalue weighted by Crippen LogP contribution is -2.23. The van der Waals surface area contributed by atoms with Crippen LogP contribution in [0.25, 0.3) is 0 Å². The summed E-state index contributed by atoms with van der Waals surface area (Å²) in [6.45, 7) is 2.55. The monoisotopic (exact) mass is 206 g/mol. The van der Waals surface area contributed by atoms with Gasteiger partial charge in [-0.3, -0.25) is 4.18 Å². The Morgan fingerprint density at radius 1 is 1.31 bits per heavy atom. The Morgan fingerprint density at radius 3 is 2.46 bits per heavy atom. The summed E-state index contributed by atoms with van der Waals surface area (Å²) in [4.78, 5) is 0. The van der Waals surface area contributed by atoms with Crippen LogP contribution in [0.15, 0.2) is 0 Å². The molecule has 3 nitrogen and oxygen atoms in total. The van der Waals surface area contributed by atoms with E-state index in [0.29, 0.717) is 18.4 Å². The SMILES string of the molecule is CC1CCCCC1COS(C)(=O)=O. The van der Waals surface area contributed by atoms with Gasteiger partial charge in [-0.15, -0.1) is 0 Å². The quantitative estimate of drug-likeness (QED) is 0.661. The molecule has 2 atom stereocenters. The molecule has 2 unspecified atom stereocenters. The fraction of sp³-hybridized carbons (Fsp3) is 1.00. The summed E-state index contributed by atoms with van der Waals surface area (Å²) in [5.74, 6) is 1.04. The van der Waals surface area contributed by atoms with E-state index >= 15 is 0 Å². The van der Waals surface area contributed by atoms with Crippen LogP contribution in [0, 0.1) is 11.8 Å². The van der Waals surface area contributed by atoms with Crippen molar-refractivity contribution in [2.75, 3.05) is 12.9 Å². The van der Waals surface area contributed by atoms with Crippen molar-refractivity contribution in [2.24, 2.45) is 11.8 Å². The van der Waals surface area contributed by atoms with Gasteiger partial charge in [-0.25, -0.2) is 0 Å². The number of rotatable bonds is 3. The van der Waals surface area contributed by atoms with Crippen LogP contribution in [0.4, 0.5) is 0 Å². The molecule has 1 aliphatic rings. The fourth-order valence-electron chi connectivity index (χ4n) is 1.85. The average molecular weight is 206 g/mol. The average Bonchev–Trinajstić information content (AvgIpc) is 2.01. The Morgan fingerprint density at radius 2 is 1.92 bits per heavy atom. The molecule has 0 aliphatic heterocycles. The molecule has 0 aromatic rings. The molecular formula is C9H18O3S. The minimum atomic E-state index is -3.25.